The highest BCUT2D eigenvalue weighted by molar-refractivity contribution is 7.94. The summed E-state index contributed by atoms with van der Waals surface area (Å²) in [6.45, 7) is 2.52. The van der Waals surface area contributed by atoms with Crippen LogP contribution >= 0.6 is 11.3 Å². The third kappa shape index (κ3) is 4.48. The Morgan fingerprint density at radius 1 is 1.25 bits per heavy atom. The predicted molar refractivity (Wildman–Crippen MR) is 95.1 cm³/mol. The second-order valence-corrected chi connectivity index (χ2v) is 8.18. The molecule has 0 aliphatic rings. The van der Waals surface area contributed by atoms with Gasteiger partial charge >= 0.3 is 0 Å². The van der Waals surface area contributed by atoms with Crippen molar-refractivity contribution < 1.29 is 17.9 Å². The number of ether oxygens (including phenoxy) is 1. The lowest BCUT2D eigenvalue weighted by molar-refractivity contribution is -0.123. The van der Waals surface area contributed by atoms with Crippen molar-refractivity contribution in [3.63, 3.8) is 0 Å². The first-order valence-corrected chi connectivity index (χ1v) is 9.79. The molecule has 0 fully saturated rings. The minimum Gasteiger partial charge on any atom is -0.484 e. The summed E-state index contributed by atoms with van der Waals surface area (Å²) >= 11 is 1.17. The van der Waals surface area contributed by atoms with Gasteiger partial charge in [-0.1, -0.05) is 13.0 Å². The second-order valence-electron chi connectivity index (χ2n) is 5.04. The monoisotopic (exact) mass is 368 g/mol. The largest absolute Gasteiger partial charge is 0.484 e. The Morgan fingerprint density at radius 3 is 2.54 bits per heavy atom. The van der Waals surface area contributed by atoms with Gasteiger partial charge in [-0.15, -0.1) is 11.3 Å². The molecule has 0 unspecified atom stereocenters. The van der Waals surface area contributed by atoms with Gasteiger partial charge in [-0.05, 0) is 42.1 Å². The average Bonchev–Trinajstić information content (AvgIpc) is 3.13. The molecule has 1 aromatic carbocycles. The van der Waals surface area contributed by atoms with Crippen LogP contribution in [0.25, 0.3) is 0 Å². The van der Waals surface area contributed by atoms with Crippen LogP contribution in [0.3, 0.4) is 0 Å². The van der Waals surface area contributed by atoms with Crippen molar-refractivity contribution in [2.75, 3.05) is 24.5 Å². The molecule has 24 heavy (non-hydrogen) atoms. The summed E-state index contributed by atoms with van der Waals surface area (Å²) in [7, 11) is -2.05. The number of benzene rings is 1. The molecule has 0 atom stereocenters. The summed E-state index contributed by atoms with van der Waals surface area (Å²) in [5, 5.41) is 4.44. The van der Waals surface area contributed by atoms with E-state index >= 15 is 0 Å². The van der Waals surface area contributed by atoms with Crippen molar-refractivity contribution in [1.82, 2.24) is 5.32 Å². The number of thiophene rings is 1. The predicted octanol–water partition coefficient (Wildman–Crippen LogP) is 2.48. The molecule has 0 saturated heterocycles. The number of amides is 1. The first-order chi connectivity index (χ1) is 11.4. The Balaban J connectivity index is 2.00. The molecule has 130 valence electrons. The van der Waals surface area contributed by atoms with Crippen LogP contribution in [0.1, 0.15) is 13.3 Å². The zero-order chi connectivity index (χ0) is 17.6. The zero-order valence-electron chi connectivity index (χ0n) is 13.6. The molecule has 0 saturated carbocycles. The number of rotatable bonds is 8. The maximum absolute atomic E-state index is 12.4. The minimum absolute atomic E-state index is 0.0668. The van der Waals surface area contributed by atoms with E-state index in [1.807, 2.05) is 6.92 Å². The lowest BCUT2D eigenvalue weighted by atomic mass is 10.3. The van der Waals surface area contributed by atoms with Crippen molar-refractivity contribution >= 4 is 33.0 Å². The third-order valence-electron chi connectivity index (χ3n) is 3.25. The van der Waals surface area contributed by atoms with Gasteiger partial charge in [0.15, 0.2) is 6.61 Å². The summed E-state index contributed by atoms with van der Waals surface area (Å²) in [5.74, 6) is 0.325. The van der Waals surface area contributed by atoms with Crippen LogP contribution < -0.4 is 14.4 Å². The average molecular weight is 368 g/mol. The molecule has 6 nitrogen and oxygen atoms in total. The van der Waals surface area contributed by atoms with Crippen LogP contribution in [-0.4, -0.2) is 34.5 Å². The normalized spacial score (nSPS) is 11.1. The fourth-order valence-electron chi connectivity index (χ4n) is 1.90. The van der Waals surface area contributed by atoms with E-state index < -0.39 is 10.0 Å². The van der Waals surface area contributed by atoms with E-state index in [2.05, 4.69) is 5.32 Å². The molecule has 1 amide bonds. The van der Waals surface area contributed by atoms with Gasteiger partial charge in [-0.25, -0.2) is 8.42 Å². The lowest BCUT2D eigenvalue weighted by Gasteiger charge is -2.18. The summed E-state index contributed by atoms with van der Waals surface area (Å²) < 4.78 is 31.8. The second kappa shape index (κ2) is 8.16. The van der Waals surface area contributed by atoms with Gasteiger partial charge in [0.05, 0.1) is 5.69 Å². The van der Waals surface area contributed by atoms with E-state index in [-0.39, 0.29) is 16.7 Å². The molecule has 1 heterocycles. The van der Waals surface area contributed by atoms with E-state index in [9.17, 15) is 13.2 Å². The highest BCUT2D eigenvalue weighted by Gasteiger charge is 2.22. The number of nitrogens with zero attached hydrogens (tertiary/aromatic N) is 1. The van der Waals surface area contributed by atoms with Gasteiger partial charge in [0.25, 0.3) is 15.9 Å². The SMILES string of the molecule is CCCNC(=O)COc1ccc(N(C)S(=O)(=O)c2cccs2)cc1. The highest BCUT2D eigenvalue weighted by atomic mass is 32.2. The molecule has 2 aromatic rings. The van der Waals surface area contributed by atoms with Crippen molar-refractivity contribution in [2.24, 2.45) is 0 Å². The molecule has 0 bridgehead atoms. The number of hydrogen-bond donors (Lipinski definition) is 1. The summed E-state index contributed by atoms with van der Waals surface area (Å²) in [4.78, 5) is 11.5. The van der Waals surface area contributed by atoms with Gasteiger partial charge in [0.1, 0.15) is 9.96 Å². The van der Waals surface area contributed by atoms with Gasteiger partial charge in [0.2, 0.25) is 0 Å². The molecule has 1 N–H and O–H groups in total. The number of sulfonamides is 1. The van der Waals surface area contributed by atoms with Crippen LogP contribution in [0.15, 0.2) is 46.0 Å². The fraction of sp³-hybridized carbons (Fsp3) is 0.312. The molecular formula is C16H20N2O4S2. The Morgan fingerprint density at radius 2 is 1.96 bits per heavy atom. The van der Waals surface area contributed by atoms with Gasteiger partial charge in [-0.2, -0.15) is 0 Å². The van der Waals surface area contributed by atoms with Crippen molar-refractivity contribution in [3.05, 3.63) is 41.8 Å². The number of nitrogens with one attached hydrogen (secondary N) is 1. The van der Waals surface area contributed by atoms with Crippen LogP contribution in [-0.2, 0) is 14.8 Å². The van der Waals surface area contributed by atoms with Crippen LogP contribution in [0.4, 0.5) is 5.69 Å². The third-order valence-corrected chi connectivity index (χ3v) is 6.41. The Bertz CT molecular complexity index is 756. The number of carbonyl (C=O) groups is 1. The number of hydrogen-bond acceptors (Lipinski definition) is 5. The van der Waals surface area contributed by atoms with Crippen molar-refractivity contribution in [3.8, 4) is 5.75 Å². The zero-order valence-corrected chi connectivity index (χ0v) is 15.2. The molecule has 2 rings (SSSR count). The van der Waals surface area contributed by atoms with Crippen LogP contribution in [0.5, 0.6) is 5.75 Å². The summed E-state index contributed by atoms with van der Waals surface area (Å²) in [6.07, 6.45) is 0.867. The van der Waals surface area contributed by atoms with Gasteiger partial charge in [-0.3, -0.25) is 9.10 Å². The van der Waals surface area contributed by atoms with Gasteiger partial charge in [0, 0.05) is 13.6 Å². The first-order valence-electron chi connectivity index (χ1n) is 7.47. The fourth-order valence-corrected chi connectivity index (χ4v) is 4.26. The lowest BCUT2D eigenvalue weighted by Crippen LogP contribution is -2.29. The van der Waals surface area contributed by atoms with Crippen molar-refractivity contribution in [2.45, 2.75) is 17.6 Å². The Kier molecular flexibility index (Phi) is 6.22. The Labute approximate surface area is 146 Å². The van der Waals surface area contributed by atoms with E-state index in [0.29, 0.717) is 18.0 Å². The maximum atomic E-state index is 12.4. The van der Waals surface area contributed by atoms with Crippen LogP contribution in [0, 0.1) is 0 Å². The number of carbonyl (C=O) groups excluding carboxylic acids is 1. The standard InChI is InChI=1S/C16H20N2O4S2/c1-3-10-17-15(19)12-22-14-8-6-13(7-9-14)18(2)24(20,21)16-5-4-11-23-16/h4-9,11H,3,10,12H2,1-2H3,(H,17,19). The van der Waals surface area contributed by atoms with E-state index in [4.69, 9.17) is 4.74 Å². The topological polar surface area (TPSA) is 75.7 Å². The molecular weight excluding hydrogens is 348 g/mol. The van der Waals surface area contributed by atoms with E-state index in [0.717, 1.165) is 6.42 Å². The van der Waals surface area contributed by atoms with Gasteiger partial charge < -0.3 is 10.1 Å². The molecule has 8 heteroatoms. The minimum atomic E-state index is -3.55. The quantitative estimate of drug-likeness (QED) is 0.777. The smallest absolute Gasteiger partial charge is 0.273 e. The Hall–Kier alpha value is -2.06. The van der Waals surface area contributed by atoms with E-state index in [1.165, 1.54) is 22.7 Å². The highest BCUT2D eigenvalue weighted by Crippen LogP contribution is 2.26. The van der Waals surface area contributed by atoms with E-state index in [1.54, 1.807) is 41.8 Å². The van der Waals surface area contributed by atoms with Crippen molar-refractivity contribution in [1.29, 1.82) is 0 Å². The maximum Gasteiger partial charge on any atom is 0.273 e. The molecule has 0 spiro atoms. The first kappa shape index (κ1) is 18.3. The molecule has 0 radical (unpaired) electrons. The summed E-state index contributed by atoms with van der Waals surface area (Å²) in [5.41, 5.74) is 0.520. The van der Waals surface area contributed by atoms with Crippen LogP contribution in [0.2, 0.25) is 0 Å². The molecule has 0 aliphatic heterocycles. The summed E-state index contributed by atoms with van der Waals surface area (Å²) in [6, 6.07) is 9.84. The number of anilines is 1. The molecule has 0 aliphatic carbocycles. The molecule has 1 aromatic heterocycles.